The number of benzene rings is 1. The van der Waals surface area contributed by atoms with Gasteiger partial charge < -0.3 is 9.80 Å². The molecular formula is C18H24N6O2S. The van der Waals surface area contributed by atoms with E-state index in [1.165, 1.54) is 0 Å². The Bertz CT molecular complexity index is 893. The van der Waals surface area contributed by atoms with Crippen molar-refractivity contribution in [1.82, 2.24) is 19.7 Å². The lowest BCUT2D eigenvalue weighted by Crippen LogP contribution is -2.26. The molecule has 2 aromatic rings. The number of anilines is 2. The van der Waals surface area contributed by atoms with Gasteiger partial charge in [-0.2, -0.15) is 15.0 Å². The van der Waals surface area contributed by atoms with Crippen LogP contribution >= 0.6 is 0 Å². The fourth-order valence-corrected chi connectivity index (χ4v) is 3.44. The molecule has 0 unspecified atom stereocenters. The zero-order valence-corrected chi connectivity index (χ0v) is 16.4. The molecule has 3 rings (SSSR count). The predicted molar refractivity (Wildman–Crippen MR) is 107 cm³/mol. The van der Waals surface area contributed by atoms with Crippen molar-refractivity contribution in [3.05, 3.63) is 47.1 Å². The summed E-state index contributed by atoms with van der Waals surface area (Å²) >= 11 is 0. The number of nitrogens with one attached hydrogen (secondary N) is 1. The van der Waals surface area contributed by atoms with Gasteiger partial charge in [0.05, 0.1) is 6.54 Å². The van der Waals surface area contributed by atoms with E-state index in [0.717, 1.165) is 36.9 Å². The Labute approximate surface area is 160 Å². The van der Waals surface area contributed by atoms with Crippen molar-refractivity contribution in [2.45, 2.75) is 19.4 Å². The summed E-state index contributed by atoms with van der Waals surface area (Å²) < 4.78 is 27.0. The molecule has 0 bridgehead atoms. The zero-order chi connectivity index (χ0) is 19.3. The highest BCUT2D eigenvalue weighted by Crippen LogP contribution is 2.18. The molecule has 27 heavy (non-hydrogen) atoms. The molecular weight excluding hydrogens is 364 g/mol. The van der Waals surface area contributed by atoms with Crippen molar-refractivity contribution in [3.8, 4) is 0 Å². The normalized spacial score (nSPS) is 14.8. The molecule has 1 aromatic heterocycles. The van der Waals surface area contributed by atoms with Crippen molar-refractivity contribution in [1.29, 1.82) is 0 Å². The Balaban J connectivity index is 1.73. The van der Waals surface area contributed by atoms with Crippen LogP contribution in [0.3, 0.4) is 0 Å². The van der Waals surface area contributed by atoms with Gasteiger partial charge in [-0.15, -0.1) is 0 Å². The van der Waals surface area contributed by atoms with Crippen LogP contribution in [-0.4, -0.2) is 50.6 Å². The molecule has 0 amide bonds. The lowest BCUT2D eigenvalue weighted by Gasteiger charge is -2.18. The van der Waals surface area contributed by atoms with Gasteiger partial charge in [0.25, 0.3) is 0 Å². The van der Waals surface area contributed by atoms with Crippen molar-refractivity contribution in [2.75, 3.05) is 37.0 Å². The van der Waals surface area contributed by atoms with Crippen LogP contribution in [0.15, 0.2) is 35.7 Å². The fourth-order valence-electron chi connectivity index (χ4n) is 2.68. The lowest BCUT2D eigenvalue weighted by atomic mass is 10.2. The smallest absolute Gasteiger partial charge is 0.234 e. The van der Waals surface area contributed by atoms with E-state index in [2.05, 4.69) is 24.6 Å². The second-order valence-electron chi connectivity index (χ2n) is 6.52. The molecule has 1 aliphatic heterocycles. The van der Waals surface area contributed by atoms with Crippen LogP contribution < -0.4 is 14.5 Å². The molecule has 1 saturated heterocycles. The molecule has 0 atom stereocenters. The van der Waals surface area contributed by atoms with Gasteiger partial charge in [-0.25, -0.2) is 13.1 Å². The first-order valence-electron chi connectivity index (χ1n) is 8.83. The van der Waals surface area contributed by atoms with Crippen LogP contribution in [0.4, 0.5) is 11.9 Å². The van der Waals surface area contributed by atoms with Crippen LogP contribution in [0.5, 0.6) is 0 Å². The number of hydrogen-bond acceptors (Lipinski definition) is 7. The third kappa shape index (κ3) is 5.48. The fraction of sp³-hybridized carbons (Fsp3) is 0.389. The third-order valence-electron chi connectivity index (χ3n) is 4.12. The Kier molecular flexibility index (Phi) is 6.02. The largest absolute Gasteiger partial charge is 0.347 e. The summed E-state index contributed by atoms with van der Waals surface area (Å²) in [5, 5.41) is 1.15. The summed E-state index contributed by atoms with van der Waals surface area (Å²) in [6.07, 6.45) is 3.76. The molecule has 1 aromatic carbocycles. The summed E-state index contributed by atoms with van der Waals surface area (Å²) in [6.45, 7) is 1.81. The molecule has 144 valence electrons. The van der Waals surface area contributed by atoms with Crippen LogP contribution in [0.25, 0.3) is 6.08 Å². The quantitative estimate of drug-likeness (QED) is 0.771. The predicted octanol–water partition coefficient (Wildman–Crippen LogP) is 1.63. The first kappa shape index (κ1) is 19.2. The van der Waals surface area contributed by atoms with E-state index in [9.17, 15) is 8.42 Å². The standard InChI is InChI=1S/C18H24N6O2S/c1-23(2)17-20-16(21-18(22-17)24-11-6-7-12-24)14-19-27(25,26)13-10-15-8-4-3-5-9-15/h3-5,8-10,13,19H,6-7,11-12,14H2,1-2H3. The minimum Gasteiger partial charge on any atom is -0.347 e. The van der Waals surface area contributed by atoms with Crippen LogP contribution in [0.1, 0.15) is 24.2 Å². The summed E-state index contributed by atoms with van der Waals surface area (Å²) in [4.78, 5) is 17.2. The molecule has 1 fully saturated rings. The summed E-state index contributed by atoms with van der Waals surface area (Å²) in [5.41, 5.74) is 0.814. The van der Waals surface area contributed by atoms with Gasteiger partial charge in [-0.1, -0.05) is 30.3 Å². The highest BCUT2D eigenvalue weighted by Gasteiger charge is 2.18. The van der Waals surface area contributed by atoms with Gasteiger partial charge in [-0.3, -0.25) is 0 Å². The molecule has 9 heteroatoms. The Morgan fingerprint density at radius 1 is 1.11 bits per heavy atom. The average molecular weight is 388 g/mol. The first-order chi connectivity index (χ1) is 12.9. The molecule has 0 radical (unpaired) electrons. The Morgan fingerprint density at radius 2 is 1.81 bits per heavy atom. The van der Waals surface area contributed by atoms with Crippen molar-refractivity contribution in [3.63, 3.8) is 0 Å². The average Bonchev–Trinajstić information content (AvgIpc) is 3.20. The van der Waals surface area contributed by atoms with Crippen LogP contribution in [0, 0.1) is 0 Å². The van der Waals surface area contributed by atoms with Gasteiger partial charge >= 0.3 is 0 Å². The number of sulfonamides is 1. The number of aromatic nitrogens is 3. The molecule has 1 N–H and O–H groups in total. The molecule has 0 saturated carbocycles. The maximum Gasteiger partial charge on any atom is 0.234 e. The highest BCUT2D eigenvalue weighted by atomic mass is 32.2. The molecule has 0 aliphatic carbocycles. The minimum absolute atomic E-state index is 0.00562. The molecule has 0 spiro atoms. The van der Waals surface area contributed by atoms with E-state index in [1.807, 2.05) is 44.4 Å². The zero-order valence-electron chi connectivity index (χ0n) is 15.5. The van der Waals surface area contributed by atoms with E-state index in [-0.39, 0.29) is 6.54 Å². The van der Waals surface area contributed by atoms with E-state index in [1.54, 1.807) is 11.0 Å². The van der Waals surface area contributed by atoms with Gasteiger partial charge in [0.15, 0.2) is 5.82 Å². The van der Waals surface area contributed by atoms with E-state index >= 15 is 0 Å². The topological polar surface area (TPSA) is 91.3 Å². The van der Waals surface area contributed by atoms with E-state index in [4.69, 9.17) is 0 Å². The van der Waals surface area contributed by atoms with Crippen LogP contribution in [-0.2, 0) is 16.6 Å². The van der Waals surface area contributed by atoms with Gasteiger partial charge in [0, 0.05) is 32.6 Å². The Hall–Kier alpha value is -2.52. The van der Waals surface area contributed by atoms with Crippen molar-refractivity contribution >= 4 is 28.0 Å². The van der Waals surface area contributed by atoms with Gasteiger partial charge in [-0.05, 0) is 24.5 Å². The molecule has 2 heterocycles. The third-order valence-corrected chi connectivity index (χ3v) is 5.16. The van der Waals surface area contributed by atoms with Gasteiger partial charge in [0.1, 0.15) is 0 Å². The SMILES string of the molecule is CN(C)c1nc(CNS(=O)(=O)C=Cc2ccccc2)nc(N2CCCC2)n1. The first-order valence-corrected chi connectivity index (χ1v) is 10.4. The Morgan fingerprint density at radius 3 is 2.48 bits per heavy atom. The maximum absolute atomic E-state index is 12.2. The monoisotopic (exact) mass is 388 g/mol. The van der Waals surface area contributed by atoms with Crippen molar-refractivity contribution in [2.24, 2.45) is 0 Å². The van der Waals surface area contributed by atoms with E-state index in [0.29, 0.717) is 17.7 Å². The molecule has 1 aliphatic rings. The number of hydrogen-bond donors (Lipinski definition) is 1. The summed E-state index contributed by atoms with van der Waals surface area (Å²) in [6, 6.07) is 9.26. The minimum atomic E-state index is -3.60. The lowest BCUT2D eigenvalue weighted by molar-refractivity contribution is 0.588. The highest BCUT2D eigenvalue weighted by molar-refractivity contribution is 7.92. The van der Waals surface area contributed by atoms with Gasteiger partial charge in [0.2, 0.25) is 21.9 Å². The number of nitrogens with zero attached hydrogens (tertiary/aromatic N) is 5. The second kappa shape index (κ2) is 8.45. The molecule has 8 nitrogen and oxygen atoms in total. The summed E-state index contributed by atoms with van der Waals surface area (Å²) in [5.74, 6) is 1.51. The summed E-state index contributed by atoms with van der Waals surface area (Å²) in [7, 11) is 0.0926. The maximum atomic E-state index is 12.2. The number of rotatable bonds is 7. The van der Waals surface area contributed by atoms with E-state index < -0.39 is 10.0 Å². The van der Waals surface area contributed by atoms with Crippen molar-refractivity contribution < 1.29 is 8.42 Å². The second-order valence-corrected chi connectivity index (χ2v) is 8.17. The van der Waals surface area contributed by atoms with Crippen LogP contribution in [0.2, 0.25) is 0 Å².